The van der Waals surface area contributed by atoms with Crippen molar-refractivity contribution in [2.24, 2.45) is 0 Å². The minimum atomic E-state index is -0.340. The molecule has 27 heavy (non-hydrogen) atoms. The smallest absolute Gasteiger partial charge is 0.224 e. The Balaban J connectivity index is 1.32. The summed E-state index contributed by atoms with van der Waals surface area (Å²) in [6.07, 6.45) is 6.74. The molecule has 0 spiro atoms. The van der Waals surface area contributed by atoms with Crippen LogP contribution in [-0.2, 0) is 30.8 Å². The maximum Gasteiger partial charge on any atom is 0.224 e. The lowest BCUT2D eigenvalue weighted by atomic mass is 9.94. The van der Waals surface area contributed by atoms with Crippen molar-refractivity contribution in [1.29, 1.82) is 0 Å². The van der Waals surface area contributed by atoms with Gasteiger partial charge in [0.05, 0.1) is 30.9 Å². The second-order valence-electron chi connectivity index (χ2n) is 7.66. The molecule has 1 fully saturated rings. The first-order chi connectivity index (χ1) is 13.2. The van der Waals surface area contributed by atoms with Crippen LogP contribution in [0.5, 0.6) is 0 Å². The van der Waals surface area contributed by atoms with E-state index in [-0.39, 0.29) is 18.1 Å². The predicted molar refractivity (Wildman–Crippen MR) is 101 cm³/mol. The second kappa shape index (κ2) is 8.21. The SMILES string of the molecule is O=C(Cc1ccccc1F)NCc1cc2n(n1)CCN(C1CCCCC1)C2. The van der Waals surface area contributed by atoms with Crippen LogP contribution in [0.2, 0.25) is 0 Å². The molecule has 0 bridgehead atoms. The number of rotatable bonds is 5. The third-order valence-electron chi connectivity index (χ3n) is 5.74. The summed E-state index contributed by atoms with van der Waals surface area (Å²) >= 11 is 0. The highest BCUT2D eigenvalue weighted by atomic mass is 19.1. The van der Waals surface area contributed by atoms with E-state index in [1.807, 2.05) is 0 Å². The third kappa shape index (κ3) is 4.38. The van der Waals surface area contributed by atoms with Gasteiger partial charge in [0.15, 0.2) is 0 Å². The molecule has 2 aromatic rings. The molecule has 5 nitrogen and oxygen atoms in total. The highest BCUT2D eigenvalue weighted by Gasteiger charge is 2.26. The first kappa shape index (κ1) is 18.2. The molecule has 1 aliphatic heterocycles. The van der Waals surface area contributed by atoms with Gasteiger partial charge in [-0.3, -0.25) is 14.4 Å². The molecule has 0 radical (unpaired) electrons. The topological polar surface area (TPSA) is 50.2 Å². The van der Waals surface area contributed by atoms with Crippen molar-refractivity contribution >= 4 is 5.91 Å². The van der Waals surface area contributed by atoms with Gasteiger partial charge in [0.2, 0.25) is 5.91 Å². The average molecular weight is 370 g/mol. The van der Waals surface area contributed by atoms with Crippen LogP contribution in [-0.4, -0.2) is 33.2 Å². The zero-order chi connectivity index (χ0) is 18.6. The maximum atomic E-state index is 13.7. The van der Waals surface area contributed by atoms with Crippen LogP contribution in [0.1, 0.15) is 49.1 Å². The van der Waals surface area contributed by atoms with Crippen LogP contribution < -0.4 is 5.32 Å². The highest BCUT2D eigenvalue weighted by Crippen LogP contribution is 2.26. The first-order valence-corrected chi connectivity index (χ1v) is 9.99. The first-order valence-electron chi connectivity index (χ1n) is 9.99. The van der Waals surface area contributed by atoms with Crippen LogP contribution in [0.4, 0.5) is 4.39 Å². The fourth-order valence-electron chi connectivity index (χ4n) is 4.26. The minimum Gasteiger partial charge on any atom is -0.350 e. The fourth-order valence-corrected chi connectivity index (χ4v) is 4.26. The molecule has 0 unspecified atom stereocenters. The molecule has 1 aliphatic carbocycles. The molecule has 6 heteroatoms. The Morgan fingerprint density at radius 3 is 2.81 bits per heavy atom. The number of hydrogen-bond acceptors (Lipinski definition) is 3. The number of carbonyl (C=O) groups excluding carboxylic acids is 1. The summed E-state index contributed by atoms with van der Waals surface area (Å²) in [6, 6.07) is 9.20. The van der Waals surface area contributed by atoms with Crippen molar-refractivity contribution in [3.05, 3.63) is 53.1 Å². The zero-order valence-electron chi connectivity index (χ0n) is 15.7. The fraction of sp³-hybridized carbons (Fsp3) is 0.524. The molecule has 1 aromatic heterocycles. The quantitative estimate of drug-likeness (QED) is 0.880. The van der Waals surface area contributed by atoms with Gasteiger partial charge in [0.1, 0.15) is 5.82 Å². The molecule has 144 valence electrons. The van der Waals surface area contributed by atoms with Crippen LogP contribution in [0.25, 0.3) is 0 Å². The molecule has 4 rings (SSSR count). The molecule has 1 N–H and O–H groups in total. The van der Waals surface area contributed by atoms with Crippen molar-refractivity contribution in [1.82, 2.24) is 20.0 Å². The Morgan fingerprint density at radius 1 is 1.19 bits per heavy atom. The Hall–Kier alpha value is -2.21. The second-order valence-corrected chi connectivity index (χ2v) is 7.66. The lowest BCUT2D eigenvalue weighted by molar-refractivity contribution is -0.120. The van der Waals surface area contributed by atoms with Gasteiger partial charge in [0.25, 0.3) is 0 Å². The van der Waals surface area contributed by atoms with E-state index >= 15 is 0 Å². The number of benzene rings is 1. The van der Waals surface area contributed by atoms with E-state index in [1.165, 1.54) is 43.9 Å². The third-order valence-corrected chi connectivity index (χ3v) is 5.74. The molecule has 1 amide bonds. The van der Waals surface area contributed by atoms with E-state index in [0.29, 0.717) is 18.2 Å². The summed E-state index contributed by atoms with van der Waals surface area (Å²) in [5.41, 5.74) is 2.52. The van der Waals surface area contributed by atoms with Crippen LogP contribution in [0.15, 0.2) is 30.3 Å². The van der Waals surface area contributed by atoms with E-state index in [4.69, 9.17) is 0 Å². The summed E-state index contributed by atoms with van der Waals surface area (Å²) in [4.78, 5) is 14.7. The van der Waals surface area contributed by atoms with Gasteiger partial charge < -0.3 is 5.32 Å². The molecular formula is C21H27FN4O. The number of nitrogens with one attached hydrogen (secondary N) is 1. The van der Waals surface area contributed by atoms with Crippen LogP contribution in [0, 0.1) is 5.82 Å². The van der Waals surface area contributed by atoms with Crippen molar-refractivity contribution < 1.29 is 9.18 Å². The average Bonchev–Trinajstić information content (AvgIpc) is 3.11. The molecule has 2 heterocycles. The van der Waals surface area contributed by atoms with Crippen molar-refractivity contribution in [3.8, 4) is 0 Å². The van der Waals surface area contributed by atoms with Gasteiger partial charge in [0, 0.05) is 19.1 Å². The minimum absolute atomic E-state index is 0.0513. The summed E-state index contributed by atoms with van der Waals surface area (Å²) in [6.45, 7) is 3.30. The number of hydrogen-bond donors (Lipinski definition) is 1. The Morgan fingerprint density at radius 2 is 2.00 bits per heavy atom. The number of carbonyl (C=O) groups is 1. The van der Waals surface area contributed by atoms with Crippen molar-refractivity contribution in [2.45, 2.75) is 64.2 Å². The van der Waals surface area contributed by atoms with Gasteiger partial charge in [-0.05, 0) is 30.5 Å². The highest BCUT2D eigenvalue weighted by molar-refractivity contribution is 5.78. The van der Waals surface area contributed by atoms with Gasteiger partial charge in [-0.25, -0.2) is 4.39 Å². The van der Waals surface area contributed by atoms with Gasteiger partial charge in [-0.15, -0.1) is 0 Å². The largest absolute Gasteiger partial charge is 0.350 e. The maximum absolute atomic E-state index is 13.7. The summed E-state index contributed by atoms with van der Waals surface area (Å²) in [7, 11) is 0. The van der Waals surface area contributed by atoms with E-state index < -0.39 is 0 Å². The Bertz CT molecular complexity index is 797. The van der Waals surface area contributed by atoms with Gasteiger partial charge in [-0.1, -0.05) is 37.5 Å². The van der Waals surface area contributed by atoms with Gasteiger partial charge >= 0.3 is 0 Å². The summed E-state index contributed by atoms with van der Waals surface area (Å²) in [5.74, 6) is -0.525. The summed E-state index contributed by atoms with van der Waals surface area (Å²) in [5, 5.41) is 7.49. The molecular weight excluding hydrogens is 343 g/mol. The van der Waals surface area contributed by atoms with Crippen LogP contribution in [0.3, 0.4) is 0 Å². The molecule has 0 saturated heterocycles. The molecule has 1 saturated carbocycles. The van der Waals surface area contributed by atoms with E-state index in [1.54, 1.807) is 18.2 Å². The number of fused-ring (bicyclic) bond motifs is 1. The number of nitrogens with zero attached hydrogens (tertiary/aromatic N) is 3. The standard InChI is InChI=1S/C21H27FN4O/c22-20-9-5-4-6-16(20)12-21(27)23-14-17-13-19-15-25(10-11-26(19)24-17)18-7-2-1-3-8-18/h4-6,9,13,18H,1-3,7-8,10-12,14-15H2,(H,23,27). The predicted octanol–water partition coefficient (Wildman–Crippen LogP) is 3.03. The number of halogens is 1. The molecule has 0 atom stereocenters. The van der Waals surface area contributed by atoms with E-state index in [9.17, 15) is 9.18 Å². The molecule has 2 aliphatic rings. The number of amides is 1. The van der Waals surface area contributed by atoms with Crippen LogP contribution >= 0.6 is 0 Å². The number of aromatic nitrogens is 2. The zero-order valence-corrected chi connectivity index (χ0v) is 15.7. The van der Waals surface area contributed by atoms with Crippen molar-refractivity contribution in [3.63, 3.8) is 0 Å². The monoisotopic (exact) mass is 370 g/mol. The molecule has 1 aromatic carbocycles. The van der Waals surface area contributed by atoms with Crippen molar-refractivity contribution in [2.75, 3.05) is 6.54 Å². The Kier molecular flexibility index (Phi) is 5.53. The summed E-state index contributed by atoms with van der Waals surface area (Å²) < 4.78 is 15.7. The lowest BCUT2D eigenvalue weighted by Crippen LogP contribution is -2.42. The van der Waals surface area contributed by atoms with E-state index in [2.05, 4.69) is 26.1 Å². The Labute approximate surface area is 159 Å². The van der Waals surface area contributed by atoms with Gasteiger partial charge in [-0.2, -0.15) is 5.10 Å². The van der Waals surface area contributed by atoms with E-state index in [0.717, 1.165) is 25.3 Å². The lowest BCUT2D eigenvalue weighted by Gasteiger charge is -2.36. The normalized spacial score (nSPS) is 18.3.